The molecule has 1 N–H and O–H groups in total. The van der Waals surface area contributed by atoms with Crippen molar-refractivity contribution >= 4 is 0 Å². The summed E-state index contributed by atoms with van der Waals surface area (Å²) in [6, 6.07) is 7.77. The molecule has 0 radical (unpaired) electrons. The van der Waals surface area contributed by atoms with Crippen molar-refractivity contribution in [3.8, 4) is 5.75 Å². The number of aliphatic hydroxyl groups excluding tert-OH is 1. The standard InChI is InChI=1S/C17H24O3/c18-13-14-6-2-3-7-16(14)20-15-8-11-19-17(12-15)9-4-1-5-10-17/h2-3,6-7,15,18H,1,4-5,8-13H2. The van der Waals surface area contributed by atoms with Crippen LogP contribution in [0.15, 0.2) is 24.3 Å². The molecule has 110 valence electrons. The van der Waals surface area contributed by atoms with E-state index in [-0.39, 0.29) is 18.3 Å². The Morgan fingerprint density at radius 1 is 1.20 bits per heavy atom. The lowest BCUT2D eigenvalue weighted by molar-refractivity contribution is -0.129. The molecule has 3 heteroatoms. The summed E-state index contributed by atoms with van der Waals surface area (Å²) in [5, 5.41) is 9.39. The van der Waals surface area contributed by atoms with Crippen molar-refractivity contribution in [3.63, 3.8) is 0 Å². The van der Waals surface area contributed by atoms with Gasteiger partial charge in [-0.3, -0.25) is 0 Å². The van der Waals surface area contributed by atoms with Gasteiger partial charge >= 0.3 is 0 Å². The lowest BCUT2D eigenvalue weighted by atomic mass is 9.79. The van der Waals surface area contributed by atoms with Crippen molar-refractivity contribution in [1.82, 2.24) is 0 Å². The summed E-state index contributed by atoms with van der Waals surface area (Å²) in [6.07, 6.45) is 8.40. The van der Waals surface area contributed by atoms with Crippen LogP contribution in [0, 0.1) is 0 Å². The molecule has 2 aliphatic rings. The third kappa shape index (κ3) is 2.99. The number of benzene rings is 1. The van der Waals surface area contributed by atoms with Crippen LogP contribution < -0.4 is 4.74 Å². The maximum Gasteiger partial charge on any atom is 0.125 e. The Morgan fingerprint density at radius 2 is 2.00 bits per heavy atom. The first-order valence-electron chi connectivity index (χ1n) is 7.81. The highest BCUT2D eigenvalue weighted by molar-refractivity contribution is 5.32. The van der Waals surface area contributed by atoms with Crippen LogP contribution >= 0.6 is 0 Å². The molecule has 3 nitrogen and oxygen atoms in total. The summed E-state index contributed by atoms with van der Waals surface area (Å²) < 4.78 is 12.3. The molecule has 1 spiro atoms. The van der Waals surface area contributed by atoms with E-state index in [1.165, 1.54) is 32.1 Å². The third-order valence-corrected chi connectivity index (χ3v) is 4.65. The molecule has 1 saturated heterocycles. The molecule has 20 heavy (non-hydrogen) atoms. The summed E-state index contributed by atoms with van der Waals surface area (Å²) in [5.41, 5.74) is 0.937. The Kier molecular flexibility index (Phi) is 4.27. The number of ether oxygens (including phenoxy) is 2. The Labute approximate surface area is 120 Å². The maximum atomic E-state index is 9.39. The van der Waals surface area contributed by atoms with Gasteiger partial charge in [0.1, 0.15) is 11.9 Å². The second-order valence-corrected chi connectivity index (χ2v) is 6.09. The van der Waals surface area contributed by atoms with E-state index in [9.17, 15) is 5.11 Å². The molecule has 3 rings (SSSR count). The van der Waals surface area contributed by atoms with Gasteiger partial charge in [0.25, 0.3) is 0 Å². The molecular formula is C17H24O3. The number of para-hydroxylation sites is 1. The van der Waals surface area contributed by atoms with Crippen molar-refractivity contribution in [1.29, 1.82) is 0 Å². The minimum atomic E-state index is 0.0323. The van der Waals surface area contributed by atoms with E-state index in [0.717, 1.165) is 30.8 Å². The zero-order valence-electron chi connectivity index (χ0n) is 12.0. The van der Waals surface area contributed by atoms with Crippen LogP contribution in [0.25, 0.3) is 0 Å². The van der Waals surface area contributed by atoms with E-state index in [1.807, 2.05) is 24.3 Å². The van der Waals surface area contributed by atoms with Gasteiger partial charge in [-0.2, -0.15) is 0 Å². The van der Waals surface area contributed by atoms with Crippen LogP contribution in [-0.2, 0) is 11.3 Å². The Balaban J connectivity index is 1.68. The minimum Gasteiger partial charge on any atom is -0.490 e. The lowest BCUT2D eigenvalue weighted by Crippen LogP contribution is -2.45. The Hall–Kier alpha value is -1.06. The molecular weight excluding hydrogens is 252 g/mol. The summed E-state index contributed by atoms with van der Waals surface area (Å²) >= 11 is 0. The van der Waals surface area contributed by atoms with Crippen molar-refractivity contribution < 1.29 is 14.6 Å². The monoisotopic (exact) mass is 276 g/mol. The molecule has 2 fully saturated rings. The maximum absolute atomic E-state index is 9.39. The first-order chi connectivity index (χ1) is 9.81. The predicted octanol–water partition coefficient (Wildman–Crippen LogP) is 3.44. The summed E-state index contributed by atoms with van der Waals surface area (Å²) in [6.45, 7) is 0.830. The van der Waals surface area contributed by atoms with Crippen LogP contribution in [0.2, 0.25) is 0 Å². The molecule has 1 aliphatic heterocycles. The number of aliphatic hydroxyl groups is 1. The summed E-state index contributed by atoms with van der Waals surface area (Å²) in [4.78, 5) is 0. The van der Waals surface area contributed by atoms with E-state index < -0.39 is 0 Å². The fourth-order valence-corrected chi connectivity index (χ4v) is 3.56. The van der Waals surface area contributed by atoms with Gasteiger partial charge in [-0.05, 0) is 18.9 Å². The number of rotatable bonds is 3. The van der Waals surface area contributed by atoms with Gasteiger partial charge < -0.3 is 14.6 Å². The number of hydrogen-bond acceptors (Lipinski definition) is 3. The van der Waals surface area contributed by atoms with Gasteiger partial charge in [-0.1, -0.05) is 37.5 Å². The van der Waals surface area contributed by atoms with Gasteiger partial charge in [0, 0.05) is 18.4 Å². The van der Waals surface area contributed by atoms with E-state index in [2.05, 4.69) is 0 Å². The molecule has 1 aromatic carbocycles. The zero-order valence-corrected chi connectivity index (χ0v) is 12.0. The van der Waals surface area contributed by atoms with Crippen LogP contribution in [0.1, 0.15) is 50.5 Å². The molecule has 0 amide bonds. The summed E-state index contributed by atoms with van der Waals surface area (Å²) in [7, 11) is 0. The van der Waals surface area contributed by atoms with Crippen molar-refractivity contribution in [2.24, 2.45) is 0 Å². The van der Waals surface area contributed by atoms with E-state index in [1.54, 1.807) is 0 Å². The van der Waals surface area contributed by atoms with Gasteiger partial charge in [0.2, 0.25) is 0 Å². The van der Waals surface area contributed by atoms with E-state index >= 15 is 0 Å². The normalized spacial score (nSPS) is 25.6. The molecule has 1 heterocycles. The van der Waals surface area contributed by atoms with Crippen molar-refractivity contribution in [2.75, 3.05) is 6.61 Å². The minimum absolute atomic E-state index is 0.0323. The van der Waals surface area contributed by atoms with Gasteiger partial charge in [0.05, 0.1) is 18.8 Å². The lowest BCUT2D eigenvalue weighted by Gasteiger charge is -2.43. The van der Waals surface area contributed by atoms with Crippen LogP contribution in [-0.4, -0.2) is 23.4 Å². The van der Waals surface area contributed by atoms with Gasteiger partial charge in [0.15, 0.2) is 0 Å². The van der Waals surface area contributed by atoms with E-state index in [0.29, 0.717) is 0 Å². The molecule has 1 saturated carbocycles. The van der Waals surface area contributed by atoms with Crippen molar-refractivity contribution in [2.45, 2.75) is 63.3 Å². The topological polar surface area (TPSA) is 38.7 Å². The fraction of sp³-hybridized carbons (Fsp3) is 0.647. The first-order valence-corrected chi connectivity index (χ1v) is 7.81. The molecule has 1 aromatic rings. The largest absolute Gasteiger partial charge is 0.490 e. The van der Waals surface area contributed by atoms with Gasteiger partial charge in [-0.15, -0.1) is 0 Å². The molecule has 0 aromatic heterocycles. The zero-order chi connectivity index (χ0) is 13.8. The highest BCUT2D eigenvalue weighted by Crippen LogP contribution is 2.39. The first kappa shape index (κ1) is 13.9. The Morgan fingerprint density at radius 3 is 2.80 bits per heavy atom. The molecule has 1 aliphatic carbocycles. The van der Waals surface area contributed by atoms with Crippen LogP contribution in [0.3, 0.4) is 0 Å². The second-order valence-electron chi connectivity index (χ2n) is 6.09. The molecule has 1 unspecified atom stereocenters. The predicted molar refractivity (Wildman–Crippen MR) is 77.8 cm³/mol. The third-order valence-electron chi connectivity index (χ3n) is 4.65. The van der Waals surface area contributed by atoms with Crippen LogP contribution in [0.4, 0.5) is 0 Å². The van der Waals surface area contributed by atoms with Crippen molar-refractivity contribution in [3.05, 3.63) is 29.8 Å². The van der Waals surface area contributed by atoms with E-state index in [4.69, 9.17) is 9.47 Å². The highest BCUT2D eigenvalue weighted by Gasteiger charge is 2.39. The summed E-state index contributed by atoms with van der Waals surface area (Å²) in [5.74, 6) is 0.827. The SMILES string of the molecule is OCc1ccccc1OC1CCOC2(CCCCC2)C1. The number of hydrogen-bond donors (Lipinski definition) is 1. The smallest absolute Gasteiger partial charge is 0.125 e. The van der Waals surface area contributed by atoms with Crippen LogP contribution in [0.5, 0.6) is 5.75 Å². The average molecular weight is 276 g/mol. The molecule has 0 bridgehead atoms. The fourth-order valence-electron chi connectivity index (χ4n) is 3.56. The average Bonchev–Trinajstić information content (AvgIpc) is 2.49. The second kappa shape index (κ2) is 6.15. The van der Waals surface area contributed by atoms with Gasteiger partial charge in [-0.25, -0.2) is 0 Å². The Bertz CT molecular complexity index is 432. The quantitative estimate of drug-likeness (QED) is 0.919. The highest BCUT2D eigenvalue weighted by atomic mass is 16.5. The molecule has 1 atom stereocenters.